The molecule has 4 nitrogen and oxygen atoms in total. The lowest BCUT2D eigenvalue weighted by atomic mass is 10.2. The standard InChI is InChI=1S/C25H29OS.C7H8O3S/c1-2-3-4-5-12-21-26-22-17-19-25(20-18-22)27(23-13-8-6-9-14-23)24-15-10-7-11-16-24;1-6-2-4-7(5-3-6)11(8,9)10/h6-11,13-20H,2-5,12,21H2,1H3;2-5H,1H3,(H,8,9,10)/q+1;/p-1. The summed E-state index contributed by atoms with van der Waals surface area (Å²) in [5.41, 5.74) is 0.928. The summed E-state index contributed by atoms with van der Waals surface area (Å²) >= 11 is 0. The highest BCUT2D eigenvalue weighted by atomic mass is 32.2. The van der Waals surface area contributed by atoms with Crippen LogP contribution in [0.5, 0.6) is 5.75 Å². The molecule has 0 spiro atoms. The Bertz CT molecular complexity index is 1270. The monoisotopic (exact) mass is 548 g/mol. The summed E-state index contributed by atoms with van der Waals surface area (Å²) in [7, 11) is -4.36. The molecule has 0 amide bonds. The Morgan fingerprint density at radius 2 is 1.16 bits per heavy atom. The summed E-state index contributed by atoms with van der Waals surface area (Å²) in [6.07, 6.45) is 6.33. The largest absolute Gasteiger partial charge is 0.744 e. The zero-order valence-electron chi connectivity index (χ0n) is 22.1. The van der Waals surface area contributed by atoms with E-state index in [-0.39, 0.29) is 15.8 Å². The van der Waals surface area contributed by atoms with E-state index in [1.807, 2.05) is 6.92 Å². The van der Waals surface area contributed by atoms with E-state index in [4.69, 9.17) is 4.74 Å². The van der Waals surface area contributed by atoms with Gasteiger partial charge in [0, 0.05) is 0 Å². The van der Waals surface area contributed by atoms with Crippen molar-refractivity contribution in [2.45, 2.75) is 65.5 Å². The summed E-state index contributed by atoms with van der Waals surface area (Å²) in [6.45, 7) is 4.88. The van der Waals surface area contributed by atoms with Crippen LogP contribution in [0.15, 0.2) is 129 Å². The summed E-state index contributed by atoms with van der Waals surface area (Å²) < 4.78 is 37.1. The fourth-order valence-corrected chi connectivity index (χ4v) is 6.35. The number of hydrogen-bond donors (Lipinski definition) is 0. The highest BCUT2D eigenvalue weighted by molar-refractivity contribution is 7.97. The van der Waals surface area contributed by atoms with Crippen LogP contribution >= 0.6 is 0 Å². The van der Waals surface area contributed by atoms with Crippen LogP contribution < -0.4 is 4.74 Å². The number of hydrogen-bond acceptors (Lipinski definition) is 4. The van der Waals surface area contributed by atoms with Crippen LogP contribution in [-0.4, -0.2) is 19.6 Å². The number of rotatable bonds is 11. The number of ether oxygens (including phenoxy) is 1. The Balaban J connectivity index is 0.000000304. The Hall–Kier alpha value is -3.06. The topological polar surface area (TPSA) is 66.4 Å². The van der Waals surface area contributed by atoms with Gasteiger partial charge in [0.15, 0.2) is 14.7 Å². The molecule has 0 atom stereocenters. The zero-order chi connectivity index (χ0) is 27.2. The predicted molar refractivity (Wildman–Crippen MR) is 155 cm³/mol. The van der Waals surface area contributed by atoms with Gasteiger partial charge in [0.25, 0.3) is 0 Å². The second-order valence-electron chi connectivity index (χ2n) is 8.93. The molecule has 0 aromatic heterocycles. The van der Waals surface area contributed by atoms with Gasteiger partial charge in [0.1, 0.15) is 15.9 Å². The molecule has 0 saturated carbocycles. The van der Waals surface area contributed by atoms with Crippen LogP contribution in [0.4, 0.5) is 0 Å². The van der Waals surface area contributed by atoms with Gasteiger partial charge in [-0.15, -0.1) is 0 Å². The second-order valence-corrected chi connectivity index (χ2v) is 12.3. The van der Waals surface area contributed by atoms with Gasteiger partial charge in [-0.3, -0.25) is 0 Å². The molecule has 0 fully saturated rings. The molecule has 0 saturated heterocycles. The molecule has 4 aromatic rings. The van der Waals surface area contributed by atoms with Crippen LogP contribution in [0, 0.1) is 6.92 Å². The van der Waals surface area contributed by atoms with Gasteiger partial charge >= 0.3 is 0 Å². The Kier molecular flexibility index (Phi) is 11.9. The number of aryl methyl sites for hydroxylation is 1. The fraction of sp³-hybridized carbons (Fsp3) is 0.250. The number of unbranched alkanes of at least 4 members (excludes halogenated alkanes) is 4. The smallest absolute Gasteiger partial charge is 0.166 e. The van der Waals surface area contributed by atoms with Crippen molar-refractivity contribution >= 4 is 21.0 Å². The highest BCUT2D eigenvalue weighted by Gasteiger charge is 2.28. The quantitative estimate of drug-likeness (QED) is 0.108. The summed E-state index contributed by atoms with van der Waals surface area (Å²) in [5.74, 6) is 0.971. The van der Waals surface area contributed by atoms with Crippen LogP contribution in [-0.2, 0) is 21.0 Å². The van der Waals surface area contributed by atoms with Crippen molar-refractivity contribution in [2.24, 2.45) is 0 Å². The average molecular weight is 549 g/mol. The molecule has 0 aliphatic rings. The molecule has 4 aromatic carbocycles. The van der Waals surface area contributed by atoms with Crippen LogP contribution in [0.3, 0.4) is 0 Å². The van der Waals surface area contributed by atoms with Crippen molar-refractivity contribution < 1.29 is 17.7 Å². The molecule has 38 heavy (non-hydrogen) atoms. The molecule has 0 radical (unpaired) electrons. The van der Waals surface area contributed by atoms with Crippen molar-refractivity contribution in [1.29, 1.82) is 0 Å². The van der Waals surface area contributed by atoms with E-state index >= 15 is 0 Å². The van der Waals surface area contributed by atoms with E-state index in [2.05, 4.69) is 91.9 Å². The second kappa shape index (κ2) is 15.4. The normalized spacial score (nSPS) is 11.1. The SMILES string of the molecule is CCCCCCCOc1ccc([S+](c2ccccc2)c2ccccc2)cc1.Cc1ccc(S(=O)(=O)[O-])cc1. The lowest BCUT2D eigenvalue weighted by molar-refractivity contribution is 0.304. The van der Waals surface area contributed by atoms with E-state index < -0.39 is 10.1 Å². The van der Waals surface area contributed by atoms with Crippen molar-refractivity contribution in [3.8, 4) is 5.75 Å². The van der Waals surface area contributed by atoms with Crippen molar-refractivity contribution in [1.82, 2.24) is 0 Å². The van der Waals surface area contributed by atoms with Gasteiger partial charge in [-0.1, -0.05) is 86.7 Å². The Labute approximate surface area is 230 Å². The molecular formula is C32H36O4S2. The van der Waals surface area contributed by atoms with E-state index in [1.54, 1.807) is 12.1 Å². The molecule has 4 rings (SSSR count). The third kappa shape index (κ3) is 9.67. The summed E-state index contributed by atoms with van der Waals surface area (Å²) in [5, 5.41) is 0. The molecule has 0 aliphatic carbocycles. The lowest BCUT2D eigenvalue weighted by Gasteiger charge is -2.09. The predicted octanol–water partition coefficient (Wildman–Crippen LogP) is 8.03. The van der Waals surface area contributed by atoms with Gasteiger partial charge in [-0.25, -0.2) is 8.42 Å². The van der Waals surface area contributed by atoms with Crippen molar-refractivity contribution in [3.63, 3.8) is 0 Å². The van der Waals surface area contributed by atoms with E-state index in [9.17, 15) is 13.0 Å². The van der Waals surface area contributed by atoms with E-state index in [1.165, 1.54) is 52.5 Å². The Morgan fingerprint density at radius 3 is 1.66 bits per heavy atom. The maximum atomic E-state index is 10.4. The Morgan fingerprint density at radius 1 is 0.658 bits per heavy atom. The van der Waals surface area contributed by atoms with Gasteiger partial charge in [-0.05, 0) is 74.0 Å². The molecule has 0 N–H and O–H groups in total. The summed E-state index contributed by atoms with van der Waals surface area (Å²) in [4.78, 5) is 3.83. The molecule has 0 heterocycles. The maximum absolute atomic E-state index is 10.4. The first-order chi connectivity index (χ1) is 18.4. The highest BCUT2D eigenvalue weighted by Crippen LogP contribution is 2.31. The van der Waals surface area contributed by atoms with E-state index in [0.717, 1.165) is 24.3 Å². The molecule has 200 valence electrons. The summed E-state index contributed by atoms with van der Waals surface area (Å²) in [6, 6.07) is 36.0. The van der Waals surface area contributed by atoms with Gasteiger partial charge in [0.05, 0.1) is 22.4 Å². The first kappa shape index (κ1) is 29.5. The fourth-order valence-electron chi connectivity index (χ4n) is 3.79. The minimum absolute atomic E-state index is 0.0896. The van der Waals surface area contributed by atoms with Crippen LogP contribution in [0.25, 0.3) is 0 Å². The van der Waals surface area contributed by atoms with Gasteiger partial charge in [0.2, 0.25) is 0 Å². The lowest BCUT2D eigenvalue weighted by Crippen LogP contribution is -2.04. The maximum Gasteiger partial charge on any atom is 0.166 e. The molecule has 0 aliphatic heterocycles. The first-order valence-electron chi connectivity index (χ1n) is 13.0. The van der Waals surface area contributed by atoms with Crippen LogP contribution in [0.2, 0.25) is 0 Å². The molecule has 0 unspecified atom stereocenters. The minimum Gasteiger partial charge on any atom is -0.744 e. The van der Waals surface area contributed by atoms with Crippen LogP contribution in [0.1, 0.15) is 44.6 Å². The van der Waals surface area contributed by atoms with Crippen molar-refractivity contribution in [3.05, 3.63) is 115 Å². The molecule has 6 heteroatoms. The molecule has 0 bridgehead atoms. The van der Waals surface area contributed by atoms with Crippen molar-refractivity contribution in [2.75, 3.05) is 6.61 Å². The van der Waals surface area contributed by atoms with Gasteiger partial charge in [-0.2, -0.15) is 0 Å². The zero-order valence-corrected chi connectivity index (χ0v) is 23.7. The van der Waals surface area contributed by atoms with Gasteiger partial charge < -0.3 is 9.29 Å². The number of benzene rings is 4. The minimum atomic E-state index is -4.27. The van der Waals surface area contributed by atoms with E-state index in [0.29, 0.717) is 0 Å². The third-order valence-electron chi connectivity index (χ3n) is 5.84. The average Bonchev–Trinajstić information content (AvgIpc) is 2.93. The third-order valence-corrected chi connectivity index (χ3v) is 8.92. The first-order valence-corrected chi connectivity index (χ1v) is 15.6. The molecular weight excluding hydrogens is 512 g/mol.